The van der Waals surface area contributed by atoms with Crippen LogP contribution in [0.1, 0.15) is 0 Å². The molecule has 0 saturated heterocycles. The van der Waals surface area contributed by atoms with Crippen molar-refractivity contribution in [3.05, 3.63) is 358 Å². The summed E-state index contributed by atoms with van der Waals surface area (Å²) >= 11 is 0. The minimum atomic E-state index is 0.449. The van der Waals surface area contributed by atoms with Crippen molar-refractivity contribution in [2.24, 2.45) is 0 Å². The Morgan fingerprint density at radius 3 is 0.885 bits per heavy atom. The van der Waals surface area contributed by atoms with Gasteiger partial charge in [-0.2, -0.15) is 15.0 Å². The molecule has 0 aliphatic rings. The molecule has 14 aromatic carbocycles. The molecule has 0 saturated carbocycles. The van der Waals surface area contributed by atoms with Gasteiger partial charge in [0.1, 0.15) is 0 Å². The Bertz CT molecular complexity index is 5690. The fraction of sp³-hybridized carbons (Fsp3) is 0. The summed E-state index contributed by atoms with van der Waals surface area (Å²) in [7, 11) is 0. The lowest BCUT2D eigenvalue weighted by atomic mass is 10.0. The van der Waals surface area contributed by atoms with Crippen LogP contribution in [0.5, 0.6) is 0 Å². The van der Waals surface area contributed by atoms with E-state index in [1.165, 1.54) is 10.8 Å². The molecule has 0 aliphatic heterocycles. The third-order valence-corrected chi connectivity index (χ3v) is 18.4. The second-order valence-electron chi connectivity index (χ2n) is 24.1. The highest BCUT2D eigenvalue weighted by molar-refractivity contribution is 6.13. The summed E-state index contributed by atoms with van der Waals surface area (Å²) in [6, 6.07) is 127. The summed E-state index contributed by atoms with van der Waals surface area (Å²) in [4.78, 5) is 23.7. The summed E-state index contributed by atoms with van der Waals surface area (Å²) < 4.78 is 7.06. The molecule has 4 aromatic heterocycles. The summed E-state index contributed by atoms with van der Waals surface area (Å²) in [5.41, 5.74) is 19.6. The van der Waals surface area contributed by atoms with Crippen LogP contribution in [-0.4, -0.2) is 28.7 Å². The van der Waals surface area contributed by atoms with Gasteiger partial charge in [0.2, 0.25) is 11.9 Å². The number of rotatable bonds is 14. The third-order valence-electron chi connectivity index (χ3n) is 18.4. The van der Waals surface area contributed by atoms with Crippen molar-refractivity contribution in [3.63, 3.8) is 0 Å². The molecule has 18 rings (SSSR count). The maximum atomic E-state index is 5.69. The fourth-order valence-corrected chi connectivity index (χ4v) is 14.1. The molecule has 0 atom stereocenters. The Balaban J connectivity index is 0.821. The number of hydrogen-bond donors (Lipinski definition) is 0. The van der Waals surface area contributed by atoms with E-state index in [9.17, 15) is 0 Å². The lowest BCUT2D eigenvalue weighted by molar-refractivity contribution is 0.989. The molecule has 0 N–H and O–H groups in total. The van der Waals surface area contributed by atoms with Gasteiger partial charge in [-0.1, -0.05) is 194 Å². The van der Waals surface area contributed by atoms with Crippen molar-refractivity contribution in [2.75, 3.05) is 14.7 Å². The monoisotopic (exact) mass is 1230 g/mol. The number of aromatic nitrogens is 6. The molecule has 4 heterocycles. The Labute approximate surface area is 554 Å². The molecule has 0 radical (unpaired) electrons. The Morgan fingerprint density at radius 2 is 0.479 bits per heavy atom. The van der Waals surface area contributed by atoms with Crippen LogP contribution in [0, 0.1) is 0 Å². The SMILES string of the molecule is c1ccc(N(c2cccc(-c3cccc(-c4nc(N(c5ccccc5)c5ccc6c(c5)c5ccccc5n6-c5ccccc5)nc(N(c5ccccc5)c5ccc6c(c5)c5ccccc5n6-c5ccccc5)n4)c3)c2)c2ccc3c(c2)c2ccccc2n3-c2ccccc2)cc1. The average Bonchev–Trinajstić information content (AvgIpc) is 1.58. The maximum Gasteiger partial charge on any atom is 0.240 e. The van der Waals surface area contributed by atoms with Gasteiger partial charge in [0.25, 0.3) is 0 Å². The van der Waals surface area contributed by atoms with E-state index < -0.39 is 0 Å². The highest BCUT2D eigenvalue weighted by Gasteiger charge is 2.27. The van der Waals surface area contributed by atoms with Crippen LogP contribution in [0.2, 0.25) is 0 Å². The van der Waals surface area contributed by atoms with Gasteiger partial charge in [-0.15, -0.1) is 0 Å². The predicted octanol–water partition coefficient (Wildman–Crippen LogP) is 22.9. The molecule has 452 valence electrons. The number of benzene rings is 14. The standard InChI is InChI=1S/C87H59N9/c1-7-30-63(31-8-1)91(70-49-52-82-76(57-70)73-43-19-22-46-79(73)94(82)66-36-13-4-14-37-66)69-42-26-28-61(56-69)60-27-25-29-62(55-60)85-88-86(92(64-32-9-2-10-33-64)71-50-53-83-77(58-71)74-44-20-23-47-80(74)95(83)67-38-15-5-16-39-67)90-87(89-85)93(65-34-11-3-12-35-65)72-51-54-84-78(59-72)75-45-21-24-48-81(75)96(84)68-40-17-6-18-41-68/h1-59H. The normalized spacial score (nSPS) is 11.5. The molecule has 0 spiro atoms. The molecule has 0 fully saturated rings. The first-order valence-corrected chi connectivity index (χ1v) is 32.4. The second kappa shape index (κ2) is 23.5. The highest BCUT2D eigenvalue weighted by Crippen LogP contribution is 2.45. The van der Waals surface area contributed by atoms with Gasteiger partial charge in [-0.3, -0.25) is 9.80 Å². The zero-order chi connectivity index (χ0) is 63.5. The molecule has 9 heteroatoms. The van der Waals surface area contributed by atoms with E-state index in [1.807, 2.05) is 0 Å². The smallest absolute Gasteiger partial charge is 0.240 e. The molecule has 0 amide bonds. The number of fused-ring (bicyclic) bond motifs is 9. The van der Waals surface area contributed by atoms with Crippen LogP contribution >= 0.6 is 0 Å². The quantitative estimate of drug-likeness (QED) is 0.108. The topological polar surface area (TPSA) is 63.2 Å². The van der Waals surface area contributed by atoms with E-state index in [-0.39, 0.29) is 0 Å². The van der Waals surface area contributed by atoms with Gasteiger partial charge in [-0.25, -0.2) is 0 Å². The van der Waals surface area contributed by atoms with Crippen LogP contribution in [0.4, 0.5) is 51.7 Å². The molecule has 0 unspecified atom stereocenters. The van der Waals surface area contributed by atoms with Gasteiger partial charge in [0.05, 0.1) is 33.1 Å². The van der Waals surface area contributed by atoms with Crippen molar-refractivity contribution in [1.29, 1.82) is 0 Å². The van der Waals surface area contributed by atoms with Crippen LogP contribution < -0.4 is 14.7 Å². The number of hydrogen-bond acceptors (Lipinski definition) is 6. The fourth-order valence-electron chi connectivity index (χ4n) is 14.1. The van der Waals surface area contributed by atoms with Gasteiger partial charge >= 0.3 is 0 Å². The van der Waals surface area contributed by atoms with Crippen molar-refractivity contribution >= 4 is 117 Å². The largest absolute Gasteiger partial charge is 0.310 e. The third kappa shape index (κ3) is 9.68. The van der Waals surface area contributed by atoms with Crippen molar-refractivity contribution in [2.45, 2.75) is 0 Å². The zero-order valence-electron chi connectivity index (χ0n) is 52.1. The van der Waals surface area contributed by atoms with Crippen LogP contribution in [0.25, 0.3) is 105 Å². The Morgan fingerprint density at radius 1 is 0.188 bits per heavy atom. The van der Waals surface area contributed by atoms with Gasteiger partial charge in [0.15, 0.2) is 5.82 Å². The molecule has 18 aromatic rings. The van der Waals surface area contributed by atoms with Crippen LogP contribution in [0.15, 0.2) is 358 Å². The maximum absolute atomic E-state index is 5.69. The van der Waals surface area contributed by atoms with Crippen LogP contribution in [-0.2, 0) is 0 Å². The van der Waals surface area contributed by atoms with E-state index in [0.717, 1.165) is 128 Å². The van der Waals surface area contributed by atoms with Gasteiger partial charge in [0, 0.05) is 94.8 Å². The van der Waals surface area contributed by atoms with E-state index in [2.05, 4.69) is 386 Å². The highest BCUT2D eigenvalue weighted by atomic mass is 15.3. The molecule has 0 aliphatic carbocycles. The average molecular weight is 1230 g/mol. The Hall–Kier alpha value is -13.1. The van der Waals surface area contributed by atoms with E-state index in [4.69, 9.17) is 15.0 Å². The summed E-state index contributed by atoms with van der Waals surface area (Å²) in [6.07, 6.45) is 0. The molecule has 9 nitrogen and oxygen atoms in total. The first kappa shape index (κ1) is 55.7. The minimum absolute atomic E-state index is 0.449. The predicted molar refractivity (Wildman–Crippen MR) is 398 cm³/mol. The molecular weight excluding hydrogens is 1170 g/mol. The summed E-state index contributed by atoms with van der Waals surface area (Å²) in [5, 5.41) is 6.87. The summed E-state index contributed by atoms with van der Waals surface area (Å²) in [6.45, 7) is 0. The van der Waals surface area contributed by atoms with E-state index in [0.29, 0.717) is 17.7 Å². The second-order valence-corrected chi connectivity index (χ2v) is 24.1. The van der Waals surface area contributed by atoms with Crippen molar-refractivity contribution < 1.29 is 0 Å². The summed E-state index contributed by atoms with van der Waals surface area (Å²) in [5.74, 6) is 1.40. The van der Waals surface area contributed by atoms with E-state index >= 15 is 0 Å². The first-order chi connectivity index (χ1) is 47.6. The van der Waals surface area contributed by atoms with Gasteiger partial charge in [-0.05, 0) is 175 Å². The first-order valence-electron chi connectivity index (χ1n) is 32.4. The number of para-hydroxylation sites is 9. The molecular formula is C87H59N9. The molecule has 96 heavy (non-hydrogen) atoms. The zero-order valence-corrected chi connectivity index (χ0v) is 52.1. The van der Waals surface area contributed by atoms with Crippen molar-refractivity contribution in [3.8, 4) is 39.6 Å². The lowest BCUT2D eigenvalue weighted by Gasteiger charge is -2.27. The van der Waals surface area contributed by atoms with Gasteiger partial charge < -0.3 is 18.6 Å². The number of nitrogens with zero attached hydrogens (tertiary/aromatic N) is 9. The van der Waals surface area contributed by atoms with Crippen LogP contribution in [0.3, 0.4) is 0 Å². The molecule has 0 bridgehead atoms. The lowest BCUT2D eigenvalue weighted by Crippen LogP contribution is -2.19. The number of anilines is 9. The van der Waals surface area contributed by atoms with Crippen molar-refractivity contribution in [1.82, 2.24) is 28.7 Å². The minimum Gasteiger partial charge on any atom is -0.310 e. The van der Waals surface area contributed by atoms with E-state index in [1.54, 1.807) is 0 Å². The Kier molecular flexibility index (Phi) is 13.7.